The van der Waals surface area contributed by atoms with Crippen LogP contribution in [0.2, 0.25) is 0 Å². The summed E-state index contributed by atoms with van der Waals surface area (Å²) in [7, 11) is 0. The fourth-order valence-electron chi connectivity index (χ4n) is 3.33. The average molecular weight is 382 g/mol. The quantitative estimate of drug-likeness (QED) is 0.790. The molecule has 28 heavy (non-hydrogen) atoms. The van der Waals surface area contributed by atoms with E-state index in [1.807, 2.05) is 49.4 Å². The summed E-state index contributed by atoms with van der Waals surface area (Å²) in [6, 6.07) is 16.8. The van der Waals surface area contributed by atoms with E-state index >= 15 is 0 Å². The number of para-hydroxylation sites is 2. The van der Waals surface area contributed by atoms with Gasteiger partial charge in [-0.05, 0) is 49.9 Å². The van der Waals surface area contributed by atoms with Crippen LogP contribution in [0.15, 0.2) is 54.6 Å². The fourth-order valence-corrected chi connectivity index (χ4v) is 3.33. The summed E-state index contributed by atoms with van der Waals surface area (Å²) in [5, 5.41) is 5.71. The minimum atomic E-state index is -0.467. The molecular weight excluding hydrogens is 356 g/mol. The second-order valence-corrected chi connectivity index (χ2v) is 7.00. The Hall–Kier alpha value is -3.02. The molecule has 0 spiro atoms. The van der Waals surface area contributed by atoms with Gasteiger partial charge in [0.15, 0.2) is 6.61 Å². The Morgan fingerprint density at radius 1 is 1.04 bits per heavy atom. The topological polar surface area (TPSA) is 76.7 Å². The van der Waals surface area contributed by atoms with Crippen LogP contribution in [-0.2, 0) is 9.53 Å². The van der Waals surface area contributed by atoms with Gasteiger partial charge in [-0.3, -0.25) is 10.1 Å². The van der Waals surface area contributed by atoms with Crippen LogP contribution in [0.25, 0.3) is 0 Å². The number of hydrogen-bond acceptors (Lipinski definition) is 4. The number of hydrogen-bond donors (Lipinski definition) is 2. The Morgan fingerprint density at radius 2 is 1.79 bits per heavy atom. The highest BCUT2D eigenvalue weighted by Crippen LogP contribution is 2.22. The van der Waals surface area contributed by atoms with Crippen molar-refractivity contribution < 1.29 is 19.1 Å². The largest absolute Gasteiger partial charge is 0.484 e. The number of nitrogens with one attached hydrogen (secondary N) is 2. The highest BCUT2D eigenvalue weighted by molar-refractivity contribution is 5.84. The lowest BCUT2D eigenvalue weighted by Gasteiger charge is -2.29. The first-order valence-corrected chi connectivity index (χ1v) is 9.60. The van der Waals surface area contributed by atoms with Crippen molar-refractivity contribution in [3.05, 3.63) is 60.2 Å². The molecule has 0 heterocycles. The SMILES string of the molecule is Cc1ccccc1OCC(=O)N[C@@H]1CCC[C@H](OC(=O)Nc2ccccc2)C1. The third kappa shape index (κ3) is 6.01. The molecule has 0 radical (unpaired) electrons. The van der Waals surface area contributed by atoms with Gasteiger partial charge in [0.25, 0.3) is 5.91 Å². The molecule has 0 saturated heterocycles. The second kappa shape index (κ2) is 9.78. The molecule has 0 unspecified atom stereocenters. The molecule has 2 N–H and O–H groups in total. The van der Waals surface area contributed by atoms with Crippen LogP contribution in [-0.4, -0.2) is 30.8 Å². The summed E-state index contributed by atoms with van der Waals surface area (Å²) >= 11 is 0. The molecule has 2 aromatic rings. The van der Waals surface area contributed by atoms with E-state index in [1.165, 1.54) is 0 Å². The molecule has 1 aliphatic carbocycles. The summed E-state index contributed by atoms with van der Waals surface area (Å²) in [5.74, 6) is 0.544. The van der Waals surface area contributed by atoms with Gasteiger partial charge in [-0.25, -0.2) is 4.79 Å². The predicted octanol–water partition coefficient (Wildman–Crippen LogP) is 4.05. The van der Waals surface area contributed by atoms with E-state index in [4.69, 9.17) is 9.47 Å². The van der Waals surface area contributed by atoms with Gasteiger partial charge in [0.1, 0.15) is 11.9 Å². The minimum absolute atomic E-state index is 0.0174. The molecule has 6 heteroatoms. The molecule has 2 aromatic carbocycles. The maximum absolute atomic E-state index is 12.2. The maximum atomic E-state index is 12.2. The van der Waals surface area contributed by atoms with E-state index in [0.717, 1.165) is 24.8 Å². The number of carbonyl (C=O) groups is 2. The first-order valence-electron chi connectivity index (χ1n) is 9.60. The van der Waals surface area contributed by atoms with Crippen molar-refractivity contribution in [1.29, 1.82) is 0 Å². The maximum Gasteiger partial charge on any atom is 0.411 e. The number of aryl methyl sites for hydroxylation is 1. The lowest BCUT2D eigenvalue weighted by molar-refractivity contribution is -0.124. The van der Waals surface area contributed by atoms with Gasteiger partial charge in [-0.1, -0.05) is 36.4 Å². The van der Waals surface area contributed by atoms with E-state index in [0.29, 0.717) is 17.9 Å². The van der Waals surface area contributed by atoms with Crippen molar-refractivity contribution in [2.24, 2.45) is 0 Å². The van der Waals surface area contributed by atoms with Crippen LogP contribution < -0.4 is 15.4 Å². The lowest BCUT2D eigenvalue weighted by atomic mass is 9.93. The Kier molecular flexibility index (Phi) is 6.89. The molecule has 6 nitrogen and oxygen atoms in total. The lowest BCUT2D eigenvalue weighted by Crippen LogP contribution is -2.43. The van der Waals surface area contributed by atoms with Crippen molar-refractivity contribution in [2.45, 2.75) is 44.8 Å². The van der Waals surface area contributed by atoms with Crippen LogP contribution >= 0.6 is 0 Å². The molecule has 1 saturated carbocycles. The monoisotopic (exact) mass is 382 g/mol. The molecule has 1 aliphatic rings. The van der Waals surface area contributed by atoms with Gasteiger partial charge >= 0.3 is 6.09 Å². The van der Waals surface area contributed by atoms with Crippen molar-refractivity contribution in [2.75, 3.05) is 11.9 Å². The smallest absolute Gasteiger partial charge is 0.411 e. The summed E-state index contributed by atoms with van der Waals surface area (Å²) in [5.41, 5.74) is 1.69. The molecule has 0 aliphatic heterocycles. The average Bonchev–Trinajstić information content (AvgIpc) is 2.68. The molecule has 2 atom stereocenters. The van der Waals surface area contributed by atoms with Crippen LogP contribution in [0, 0.1) is 6.92 Å². The van der Waals surface area contributed by atoms with E-state index < -0.39 is 6.09 Å². The Morgan fingerprint density at radius 3 is 2.57 bits per heavy atom. The summed E-state index contributed by atoms with van der Waals surface area (Å²) in [6.07, 6.45) is 2.50. The highest BCUT2D eigenvalue weighted by atomic mass is 16.6. The standard InChI is InChI=1S/C22H26N2O4/c1-16-8-5-6-13-20(16)27-15-21(25)23-18-11-7-12-19(14-18)28-22(26)24-17-9-3-2-4-10-17/h2-6,8-10,13,18-19H,7,11-12,14-15H2,1H3,(H,23,25)(H,24,26)/t18-,19+/m1/s1. The summed E-state index contributed by atoms with van der Waals surface area (Å²) in [6.45, 7) is 1.91. The third-order valence-electron chi connectivity index (χ3n) is 4.74. The van der Waals surface area contributed by atoms with Gasteiger partial charge < -0.3 is 14.8 Å². The van der Waals surface area contributed by atoms with Crippen molar-refractivity contribution in [3.8, 4) is 5.75 Å². The molecule has 1 fully saturated rings. The first-order chi connectivity index (χ1) is 13.6. The van der Waals surface area contributed by atoms with Gasteiger partial charge in [-0.2, -0.15) is 0 Å². The van der Waals surface area contributed by atoms with E-state index in [2.05, 4.69) is 10.6 Å². The highest BCUT2D eigenvalue weighted by Gasteiger charge is 2.26. The number of rotatable bonds is 6. The van der Waals surface area contributed by atoms with E-state index in [-0.39, 0.29) is 24.7 Å². The molecule has 0 bridgehead atoms. The summed E-state index contributed by atoms with van der Waals surface area (Å²) in [4.78, 5) is 24.3. The normalized spacial score (nSPS) is 18.8. The van der Waals surface area contributed by atoms with Crippen molar-refractivity contribution in [3.63, 3.8) is 0 Å². The molecule has 3 rings (SSSR count). The molecule has 2 amide bonds. The zero-order valence-corrected chi connectivity index (χ0v) is 16.0. The van der Waals surface area contributed by atoms with Crippen LogP contribution in [0.4, 0.5) is 10.5 Å². The number of ether oxygens (including phenoxy) is 2. The fraction of sp³-hybridized carbons (Fsp3) is 0.364. The second-order valence-electron chi connectivity index (χ2n) is 7.00. The van der Waals surface area contributed by atoms with Gasteiger partial charge in [0.05, 0.1) is 0 Å². The molecule has 148 valence electrons. The minimum Gasteiger partial charge on any atom is -0.484 e. The van der Waals surface area contributed by atoms with Gasteiger partial charge in [0, 0.05) is 18.2 Å². The Labute approximate surface area is 165 Å². The molecular formula is C22H26N2O4. The van der Waals surface area contributed by atoms with E-state index in [1.54, 1.807) is 12.1 Å². The van der Waals surface area contributed by atoms with E-state index in [9.17, 15) is 9.59 Å². The number of carbonyl (C=O) groups excluding carboxylic acids is 2. The van der Waals surface area contributed by atoms with Crippen molar-refractivity contribution in [1.82, 2.24) is 5.32 Å². The zero-order valence-electron chi connectivity index (χ0n) is 16.0. The van der Waals surface area contributed by atoms with Crippen LogP contribution in [0.3, 0.4) is 0 Å². The third-order valence-corrected chi connectivity index (χ3v) is 4.74. The molecule has 0 aromatic heterocycles. The van der Waals surface area contributed by atoms with Gasteiger partial charge in [0.2, 0.25) is 0 Å². The number of amides is 2. The van der Waals surface area contributed by atoms with Gasteiger partial charge in [-0.15, -0.1) is 0 Å². The van der Waals surface area contributed by atoms with Crippen LogP contribution in [0.5, 0.6) is 5.75 Å². The summed E-state index contributed by atoms with van der Waals surface area (Å²) < 4.78 is 11.1. The predicted molar refractivity (Wildman–Crippen MR) is 107 cm³/mol. The Bertz CT molecular complexity index is 794. The number of benzene rings is 2. The zero-order chi connectivity index (χ0) is 19.8. The van der Waals surface area contributed by atoms with Crippen molar-refractivity contribution >= 4 is 17.7 Å². The Balaban J connectivity index is 1.42. The van der Waals surface area contributed by atoms with Crippen LogP contribution in [0.1, 0.15) is 31.2 Å². The number of anilines is 1. The first kappa shape index (κ1) is 19.7.